The van der Waals surface area contributed by atoms with E-state index in [9.17, 15) is 20.4 Å². The number of methoxy groups -OCH3 is 1. The molecule has 170 valence electrons. The van der Waals surface area contributed by atoms with Crippen molar-refractivity contribution in [2.75, 3.05) is 26.1 Å². The molecular formula is C17H33N3O8S. The van der Waals surface area contributed by atoms with Crippen LogP contribution in [-0.4, -0.2) is 113 Å². The summed E-state index contributed by atoms with van der Waals surface area (Å²) in [5, 5.41) is 40.7. The Balaban J connectivity index is 2.30. The molecule has 0 bridgehead atoms. The van der Waals surface area contributed by atoms with Crippen LogP contribution in [0.2, 0.25) is 0 Å². The molecule has 2 rings (SSSR count). The first kappa shape index (κ1) is 24.7. The van der Waals surface area contributed by atoms with E-state index in [0.29, 0.717) is 12.2 Å². The second kappa shape index (κ2) is 11.2. The zero-order chi connectivity index (χ0) is 21.7. The predicted molar refractivity (Wildman–Crippen MR) is 107 cm³/mol. The van der Waals surface area contributed by atoms with E-state index in [1.165, 1.54) is 7.11 Å². The summed E-state index contributed by atoms with van der Waals surface area (Å²) in [6.45, 7) is 0.819. The summed E-state index contributed by atoms with van der Waals surface area (Å²) >= 11 is 4.11. The molecule has 29 heavy (non-hydrogen) atoms. The molecule has 2 heterocycles. The zero-order valence-corrected chi connectivity index (χ0v) is 17.5. The van der Waals surface area contributed by atoms with Gasteiger partial charge in [0.2, 0.25) is 0 Å². The summed E-state index contributed by atoms with van der Waals surface area (Å²) in [5.41, 5.74) is 11.9. The summed E-state index contributed by atoms with van der Waals surface area (Å²) in [7, 11) is 1.37. The Bertz CT molecular complexity index is 543. The number of ether oxygens (including phenoxy) is 4. The third-order valence-corrected chi connectivity index (χ3v) is 5.50. The van der Waals surface area contributed by atoms with Crippen LogP contribution in [0.3, 0.4) is 0 Å². The topological polar surface area (TPSA) is 182 Å². The van der Waals surface area contributed by atoms with Gasteiger partial charge < -0.3 is 50.8 Å². The minimum Gasteiger partial charge on any atom is -0.394 e. The van der Waals surface area contributed by atoms with Crippen LogP contribution < -0.4 is 11.5 Å². The maximum atomic E-state index is 10.8. The molecule has 8 N–H and O–H groups in total. The first-order chi connectivity index (χ1) is 13.8. The number of hydrogen-bond acceptors (Lipinski definition) is 11. The number of nitrogens with two attached hydrogens (primary N) is 2. The fraction of sp³-hybridized carbons (Fsp3) is 0.941. The second-order valence-corrected chi connectivity index (χ2v) is 7.68. The summed E-state index contributed by atoms with van der Waals surface area (Å²) in [4.78, 5) is 4.30. The highest BCUT2D eigenvalue weighted by Gasteiger charge is 2.50. The summed E-state index contributed by atoms with van der Waals surface area (Å²) in [6.07, 6.45) is -7.40. The average molecular weight is 440 g/mol. The number of amidine groups is 1. The predicted octanol–water partition coefficient (Wildman–Crippen LogP) is -3.02. The number of aliphatic hydroxyl groups is 4. The molecule has 11 nitrogen and oxygen atoms in total. The molecule has 0 aromatic rings. The molecule has 2 aliphatic heterocycles. The Morgan fingerprint density at radius 3 is 2.28 bits per heavy atom. The van der Waals surface area contributed by atoms with Crippen LogP contribution >= 0.6 is 12.6 Å². The maximum absolute atomic E-state index is 10.8. The van der Waals surface area contributed by atoms with Crippen molar-refractivity contribution >= 4 is 18.5 Å². The lowest BCUT2D eigenvalue weighted by Crippen LogP contribution is -2.65. The zero-order valence-electron chi connectivity index (χ0n) is 16.6. The molecule has 0 amide bonds. The van der Waals surface area contributed by atoms with Crippen LogP contribution in [0.25, 0.3) is 0 Å². The fourth-order valence-corrected chi connectivity index (χ4v) is 3.82. The number of nitrogens with zero attached hydrogens (tertiary/aromatic N) is 1. The van der Waals surface area contributed by atoms with E-state index in [1.54, 1.807) is 6.92 Å². The lowest BCUT2D eigenvalue weighted by molar-refractivity contribution is -0.311. The van der Waals surface area contributed by atoms with Crippen LogP contribution in [0.1, 0.15) is 13.3 Å². The molecule has 0 aromatic carbocycles. The van der Waals surface area contributed by atoms with E-state index in [1.807, 2.05) is 0 Å². The number of rotatable bonds is 8. The highest BCUT2D eigenvalue weighted by Crippen LogP contribution is 2.30. The molecule has 12 heteroatoms. The van der Waals surface area contributed by atoms with Crippen molar-refractivity contribution in [2.24, 2.45) is 16.5 Å². The van der Waals surface area contributed by atoms with Crippen molar-refractivity contribution in [3.05, 3.63) is 0 Å². The highest BCUT2D eigenvalue weighted by molar-refractivity contribution is 7.80. The van der Waals surface area contributed by atoms with E-state index >= 15 is 0 Å². The van der Waals surface area contributed by atoms with Gasteiger partial charge >= 0.3 is 0 Å². The van der Waals surface area contributed by atoms with Crippen molar-refractivity contribution in [3.8, 4) is 0 Å². The van der Waals surface area contributed by atoms with E-state index in [4.69, 9.17) is 30.4 Å². The first-order valence-electron chi connectivity index (χ1n) is 9.54. The quantitative estimate of drug-likeness (QED) is 0.117. The Hall–Kier alpha value is -0.540. The van der Waals surface area contributed by atoms with Gasteiger partial charge in [0.1, 0.15) is 42.7 Å². The number of thiol groups is 1. The lowest BCUT2D eigenvalue weighted by atomic mass is 9.93. The van der Waals surface area contributed by atoms with E-state index in [-0.39, 0.29) is 5.84 Å². The second-order valence-electron chi connectivity index (χ2n) is 7.23. The summed E-state index contributed by atoms with van der Waals surface area (Å²) in [5.74, 6) is 0.675. The van der Waals surface area contributed by atoms with Crippen LogP contribution in [-0.2, 0) is 18.9 Å². The van der Waals surface area contributed by atoms with Crippen LogP contribution in [0, 0.1) is 0 Å². The standard InChI is InChI=1S/C17H33N3O8S/c1-7-11(19)13(23)16(9(6-22)26-7)28-17-12(20-10(18)3-4-29)14(24)15(25-2)8(5-21)27-17/h7-9,11-17,21-24,29H,3-6,19H2,1-2H3,(H2,18,20)/t7-,8?,9?,11?,12?,13-,14-,15-,16-,17+/m1/s1. The molecule has 10 atom stereocenters. The van der Waals surface area contributed by atoms with Crippen LogP contribution in [0.5, 0.6) is 0 Å². The van der Waals surface area contributed by atoms with Gasteiger partial charge in [-0.1, -0.05) is 0 Å². The molecule has 2 aliphatic rings. The molecule has 0 radical (unpaired) electrons. The van der Waals surface area contributed by atoms with Gasteiger partial charge in [0, 0.05) is 13.5 Å². The number of aliphatic imine (C=N–C) groups is 1. The van der Waals surface area contributed by atoms with Gasteiger partial charge in [-0.3, -0.25) is 4.99 Å². The molecule has 0 saturated carbocycles. The van der Waals surface area contributed by atoms with Gasteiger partial charge in [0.25, 0.3) is 0 Å². The van der Waals surface area contributed by atoms with E-state index < -0.39 is 74.3 Å². The van der Waals surface area contributed by atoms with Crippen molar-refractivity contribution < 1.29 is 39.4 Å². The normalized spacial score (nSPS) is 44.1. The van der Waals surface area contributed by atoms with Crippen LogP contribution in [0.4, 0.5) is 0 Å². The molecule has 4 unspecified atom stereocenters. The average Bonchev–Trinajstić information content (AvgIpc) is 2.70. The van der Waals surface area contributed by atoms with Crippen molar-refractivity contribution in [1.82, 2.24) is 0 Å². The lowest BCUT2D eigenvalue weighted by Gasteiger charge is -2.47. The van der Waals surface area contributed by atoms with Gasteiger partial charge in [0.15, 0.2) is 6.29 Å². The Morgan fingerprint density at radius 1 is 1.10 bits per heavy atom. The Kier molecular flexibility index (Phi) is 9.54. The van der Waals surface area contributed by atoms with Gasteiger partial charge in [-0.05, 0) is 12.7 Å². The van der Waals surface area contributed by atoms with Gasteiger partial charge in [0.05, 0.1) is 31.2 Å². The Labute approximate surface area is 175 Å². The third-order valence-electron chi connectivity index (χ3n) is 5.28. The monoisotopic (exact) mass is 439 g/mol. The molecule has 0 aliphatic carbocycles. The number of hydrogen-bond donors (Lipinski definition) is 7. The maximum Gasteiger partial charge on any atom is 0.183 e. The third kappa shape index (κ3) is 5.58. The largest absolute Gasteiger partial charge is 0.394 e. The minimum atomic E-state index is -1.21. The fourth-order valence-electron chi connectivity index (χ4n) is 3.59. The van der Waals surface area contributed by atoms with Crippen molar-refractivity contribution in [1.29, 1.82) is 0 Å². The smallest absolute Gasteiger partial charge is 0.183 e. The van der Waals surface area contributed by atoms with E-state index in [0.717, 1.165) is 0 Å². The summed E-state index contributed by atoms with van der Waals surface area (Å²) in [6, 6.07) is -1.77. The molecule has 0 spiro atoms. The molecule has 2 fully saturated rings. The van der Waals surface area contributed by atoms with Gasteiger partial charge in [-0.2, -0.15) is 12.6 Å². The van der Waals surface area contributed by atoms with Gasteiger partial charge in [-0.25, -0.2) is 0 Å². The Morgan fingerprint density at radius 2 is 1.72 bits per heavy atom. The highest BCUT2D eigenvalue weighted by atomic mass is 32.1. The van der Waals surface area contributed by atoms with Crippen molar-refractivity contribution in [2.45, 2.75) is 74.4 Å². The molecule has 2 saturated heterocycles. The van der Waals surface area contributed by atoms with E-state index in [2.05, 4.69) is 17.6 Å². The number of aliphatic hydroxyl groups excluding tert-OH is 4. The SMILES string of the molecule is CO[C@@H]1C(CO)O[C@@H](O[C@@H]2C(CO)O[C@H](C)C(N)[C@H]2O)C(N=C(N)CCS)[C@H]1O. The van der Waals surface area contributed by atoms with Crippen LogP contribution in [0.15, 0.2) is 4.99 Å². The first-order valence-corrected chi connectivity index (χ1v) is 10.2. The molecule has 0 aromatic heterocycles. The summed E-state index contributed by atoms with van der Waals surface area (Å²) < 4.78 is 22.6. The van der Waals surface area contributed by atoms with Gasteiger partial charge in [-0.15, -0.1) is 0 Å². The molecular weight excluding hydrogens is 406 g/mol. The van der Waals surface area contributed by atoms with Crippen molar-refractivity contribution in [3.63, 3.8) is 0 Å². The minimum absolute atomic E-state index is 0.225.